The smallest absolute Gasteiger partial charge is 0.131 e. The van der Waals surface area contributed by atoms with E-state index in [9.17, 15) is 9.50 Å². The summed E-state index contributed by atoms with van der Waals surface area (Å²) in [4.78, 5) is 0.779. The minimum absolute atomic E-state index is 0.264. The van der Waals surface area contributed by atoms with Crippen molar-refractivity contribution in [3.63, 3.8) is 0 Å². The number of nitrogens with zero attached hydrogens (tertiary/aromatic N) is 2. The van der Waals surface area contributed by atoms with Crippen molar-refractivity contribution in [2.75, 3.05) is 0 Å². The number of halogens is 2. The van der Waals surface area contributed by atoms with Crippen LogP contribution in [0.2, 0.25) is 0 Å². The van der Waals surface area contributed by atoms with E-state index in [1.54, 1.807) is 16.9 Å². The largest absolute Gasteiger partial charge is 0.381 e. The van der Waals surface area contributed by atoms with E-state index in [1.165, 1.54) is 23.5 Å². The van der Waals surface area contributed by atoms with Gasteiger partial charge in [-0.2, -0.15) is 5.10 Å². The van der Waals surface area contributed by atoms with Gasteiger partial charge in [0.15, 0.2) is 0 Å². The number of fused-ring (bicyclic) bond motifs is 1. The van der Waals surface area contributed by atoms with Crippen molar-refractivity contribution in [1.29, 1.82) is 0 Å². The van der Waals surface area contributed by atoms with Crippen LogP contribution in [-0.4, -0.2) is 14.9 Å². The maximum atomic E-state index is 13.2. The number of hydrogen-bond acceptors (Lipinski definition) is 3. The Bertz CT molecular complexity index is 768. The topological polar surface area (TPSA) is 38.0 Å². The molecule has 0 amide bonds. The highest BCUT2D eigenvalue weighted by Crippen LogP contribution is 2.35. The van der Waals surface area contributed by atoms with Crippen molar-refractivity contribution in [1.82, 2.24) is 9.78 Å². The van der Waals surface area contributed by atoms with Gasteiger partial charge in [0, 0.05) is 16.1 Å². The van der Waals surface area contributed by atoms with E-state index in [-0.39, 0.29) is 5.82 Å². The number of rotatable bonds is 3. The average Bonchev–Trinajstić information content (AvgIpc) is 3.00. The molecule has 104 valence electrons. The van der Waals surface area contributed by atoms with Crippen LogP contribution in [0.4, 0.5) is 4.39 Å². The quantitative estimate of drug-likeness (QED) is 0.768. The fraction of sp³-hybridized carbons (Fsp3) is 0.214. The molecule has 0 saturated heterocycles. The molecule has 1 atom stereocenters. The summed E-state index contributed by atoms with van der Waals surface area (Å²) >= 11 is 4.81. The summed E-state index contributed by atoms with van der Waals surface area (Å²) in [7, 11) is 0. The lowest BCUT2D eigenvalue weighted by molar-refractivity contribution is 0.211. The molecule has 0 aliphatic heterocycles. The third kappa shape index (κ3) is 2.28. The van der Waals surface area contributed by atoms with Crippen LogP contribution in [0.5, 0.6) is 0 Å². The molecule has 3 nitrogen and oxygen atoms in total. The van der Waals surface area contributed by atoms with Gasteiger partial charge in [-0.25, -0.2) is 4.39 Å². The van der Waals surface area contributed by atoms with Gasteiger partial charge in [0.25, 0.3) is 0 Å². The molecule has 2 aromatic heterocycles. The predicted molar refractivity (Wildman–Crippen MR) is 81.4 cm³/mol. The summed E-state index contributed by atoms with van der Waals surface area (Å²) in [5.74, 6) is -0.264. The highest BCUT2D eigenvalue weighted by molar-refractivity contribution is 9.10. The van der Waals surface area contributed by atoms with Crippen molar-refractivity contribution in [2.45, 2.75) is 19.6 Å². The van der Waals surface area contributed by atoms with Crippen molar-refractivity contribution in [2.24, 2.45) is 0 Å². The molecule has 2 heterocycles. The van der Waals surface area contributed by atoms with Crippen LogP contribution < -0.4 is 0 Å². The second kappa shape index (κ2) is 5.27. The Labute approximate surface area is 127 Å². The molecule has 0 saturated carbocycles. The summed E-state index contributed by atoms with van der Waals surface area (Å²) in [5, 5.41) is 15.7. The lowest BCUT2D eigenvalue weighted by Gasteiger charge is -2.11. The van der Waals surface area contributed by atoms with E-state index in [1.807, 2.05) is 13.0 Å². The molecule has 6 heteroatoms. The van der Waals surface area contributed by atoms with E-state index in [4.69, 9.17) is 0 Å². The van der Waals surface area contributed by atoms with Crippen LogP contribution in [0.1, 0.15) is 23.6 Å². The highest BCUT2D eigenvalue weighted by Gasteiger charge is 2.21. The molecule has 20 heavy (non-hydrogen) atoms. The summed E-state index contributed by atoms with van der Waals surface area (Å²) in [6.45, 7) is 2.65. The van der Waals surface area contributed by atoms with Crippen LogP contribution in [0.3, 0.4) is 0 Å². The summed E-state index contributed by atoms with van der Waals surface area (Å²) in [6.07, 6.45) is 0.905. The Morgan fingerprint density at radius 1 is 1.45 bits per heavy atom. The van der Waals surface area contributed by atoms with E-state index >= 15 is 0 Å². The zero-order chi connectivity index (χ0) is 14.3. The van der Waals surface area contributed by atoms with Gasteiger partial charge in [-0.15, -0.1) is 11.3 Å². The molecule has 3 rings (SSSR count). The normalized spacial score (nSPS) is 13.0. The second-order valence-electron chi connectivity index (χ2n) is 4.43. The summed E-state index contributed by atoms with van der Waals surface area (Å²) < 4.78 is 16.6. The number of aryl methyl sites for hydroxylation is 1. The monoisotopic (exact) mass is 354 g/mol. The molecule has 1 N–H and O–H groups in total. The molecule has 1 unspecified atom stereocenters. The van der Waals surface area contributed by atoms with Crippen molar-refractivity contribution >= 4 is 37.4 Å². The van der Waals surface area contributed by atoms with E-state index in [0.29, 0.717) is 6.54 Å². The first-order chi connectivity index (χ1) is 9.60. The van der Waals surface area contributed by atoms with Gasteiger partial charge in [-0.05, 0) is 46.4 Å². The van der Waals surface area contributed by atoms with Gasteiger partial charge in [0.05, 0.1) is 16.4 Å². The maximum absolute atomic E-state index is 13.2. The van der Waals surface area contributed by atoms with Gasteiger partial charge in [-0.1, -0.05) is 6.07 Å². The number of aliphatic hydroxyl groups is 1. The molecule has 0 spiro atoms. The van der Waals surface area contributed by atoms with Crippen LogP contribution in [0.25, 0.3) is 10.1 Å². The van der Waals surface area contributed by atoms with Gasteiger partial charge in [0.2, 0.25) is 0 Å². The molecule has 0 aliphatic rings. The van der Waals surface area contributed by atoms with Gasteiger partial charge >= 0.3 is 0 Å². The number of benzene rings is 1. The van der Waals surface area contributed by atoms with E-state index in [2.05, 4.69) is 21.0 Å². The zero-order valence-corrected chi connectivity index (χ0v) is 13.1. The Morgan fingerprint density at radius 3 is 3.00 bits per heavy atom. The fourth-order valence-electron chi connectivity index (χ4n) is 2.19. The number of aliphatic hydroxyl groups excluding tert-OH is 1. The van der Waals surface area contributed by atoms with Crippen LogP contribution in [-0.2, 0) is 6.54 Å². The van der Waals surface area contributed by atoms with Gasteiger partial charge < -0.3 is 5.11 Å². The van der Waals surface area contributed by atoms with Crippen LogP contribution in [0.15, 0.2) is 34.9 Å². The zero-order valence-electron chi connectivity index (χ0n) is 10.7. The first kappa shape index (κ1) is 13.7. The number of thiophene rings is 1. The van der Waals surface area contributed by atoms with Gasteiger partial charge in [0.1, 0.15) is 11.9 Å². The van der Waals surface area contributed by atoms with Crippen molar-refractivity contribution < 1.29 is 9.50 Å². The minimum atomic E-state index is -0.771. The Morgan fingerprint density at radius 2 is 2.25 bits per heavy atom. The van der Waals surface area contributed by atoms with Crippen molar-refractivity contribution in [3.05, 3.63) is 51.3 Å². The molecular weight excluding hydrogens is 343 g/mol. The van der Waals surface area contributed by atoms with Crippen LogP contribution >= 0.6 is 27.3 Å². The lowest BCUT2D eigenvalue weighted by Crippen LogP contribution is -2.08. The molecular formula is C14H12BrFN2OS. The van der Waals surface area contributed by atoms with E-state index in [0.717, 1.165) is 25.1 Å². The number of hydrogen-bond donors (Lipinski definition) is 1. The second-order valence-corrected chi connectivity index (χ2v) is 6.40. The fourth-order valence-corrected chi connectivity index (χ4v) is 3.78. The Kier molecular flexibility index (Phi) is 3.62. The summed E-state index contributed by atoms with van der Waals surface area (Å²) in [6, 6.07) is 6.53. The van der Waals surface area contributed by atoms with Crippen LogP contribution in [0, 0.1) is 5.82 Å². The first-order valence-corrected chi connectivity index (χ1v) is 7.79. The predicted octanol–water partition coefficient (Wildman–Crippen LogP) is 4.10. The third-order valence-electron chi connectivity index (χ3n) is 3.16. The molecule has 0 bridgehead atoms. The molecule has 0 fully saturated rings. The SMILES string of the molecule is CCn1ncc(Br)c1C(O)c1cc2ccc(F)cc2s1. The highest BCUT2D eigenvalue weighted by atomic mass is 79.9. The molecule has 0 aliphatic carbocycles. The van der Waals surface area contributed by atoms with Gasteiger partial charge in [-0.3, -0.25) is 4.68 Å². The Balaban J connectivity index is 2.07. The average molecular weight is 355 g/mol. The first-order valence-electron chi connectivity index (χ1n) is 6.18. The molecule has 1 aromatic carbocycles. The summed E-state index contributed by atoms with van der Waals surface area (Å²) in [5.41, 5.74) is 0.722. The minimum Gasteiger partial charge on any atom is -0.381 e. The maximum Gasteiger partial charge on any atom is 0.131 e. The van der Waals surface area contributed by atoms with E-state index < -0.39 is 6.10 Å². The lowest BCUT2D eigenvalue weighted by atomic mass is 10.2. The Hall–Kier alpha value is -1.24. The molecule has 3 aromatic rings. The third-order valence-corrected chi connectivity index (χ3v) is 4.92. The standard InChI is InChI=1S/C14H12BrFN2OS/c1-2-18-13(10(15)7-17-18)14(19)12-5-8-3-4-9(16)6-11(8)20-12/h3-7,14,19H,2H2,1H3. The molecule has 0 radical (unpaired) electrons. The number of aromatic nitrogens is 2. The van der Waals surface area contributed by atoms with Crippen molar-refractivity contribution in [3.8, 4) is 0 Å².